The molecule has 2 aliphatic heterocycles. The maximum absolute atomic E-state index is 9.10. The predicted octanol–water partition coefficient (Wildman–Crippen LogP) is 4.76. The zero-order valence-electron chi connectivity index (χ0n) is 41.3. The summed E-state index contributed by atoms with van der Waals surface area (Å²) >= 11 is 0. The molecule has 2 fully saturated rings. The first-order chi connectivity index (χ1) is 34.1. The summed E-state index contributed by atoms with van der Waals surface area (Å²) in [7, 11) is 6.77. The van der Waals surface area contributed by atoms with Gasteiger partial charge in [-0.2, -0.15) is 0 Å². The molecule has 6 aromatic rings. The number of aliphatic carboxylic acids is 2. The molecule has 0 saturated carbocycles. The summed E-state index contributed by atoms with van der Waals surface area (Å²) in [6.07, 6.45) is 3.66. The van der Waals surface area contributed by atoms with Gasteiger partial charge in [0.2, 0.25) is 0 Å². The van der Waals surface area contributed by atoms with Gasteiger partial charge in [0.1, 0.15) is 45.7 Å². The molecule has 2 saturated heterocycles. The predicted molar refractivity (Wildman–Crippen MR) is 264 cm³/mol. The first-order valence-corrected chi connectivity index (χ1v) is 23.6. The molecule has 0 aliphatic carbocycles. The van der Waals surface area contributed by atoms with Gasteiger partial charge < -0.3 is 47.8 Å². The highest BCUT2D eigenvalue weighted by Gasteiger charge is 2.23. The van der Waals surface area contributed by atoms with E-state index in [4.69, 9.17) is 58.2 Å². The van der Waals surface area contributed by atoms with E-state index < -0.39 is 11.9 Å². The van der Waals surface area contributed by atoms with Crippen LogP contribution in [-0.2, 0) is 58.3 Å². The van der Waals surface area contributed by atoms with Crippen molar-refractivity contribution in [3.05, 3.63) is 95.8 Å². The van der Waals surface area contributed by atoms with Crippen molar-refractivity contribution in [1.29, 1.82) is 0 Å². The van der Waals surface area contributed by atoms with Crippen LogP contribution in [0.15, 0.2) is 73.1 Å². The molecule has 2 aromatic carbocycles. The molecular formula is C50H68N10O10. The summed E-state index contributed by atoms with van der Waals surface area (Å²) < 4.78 is 37.4. The van der Waals surface area contributed by atoms with Crippen molar-refractivity contribution in [3.63, 3.8) is 0 Å². The standard InChI is InChI=1S/2C24H33N5O3.C2H2O4/c2*1-4-32-15-14-29-23(26-21-6-5-9-25-24(21)29)18-28-12-10-27(11-13-28)17-19-7-8-20(30-2)16-22(19)31-3;3-1(4)2(5)6/h2*5-9,16H,4,10-15,17-18H2,1-3H3;(H,3,4)(H,5,6). The number of imidazole rings is 2. The normalized spacial score (nSPS) is 14.7. The first kappa shape index (κ1) is 52.9. The summed E-state index contributed by atoms with van der Waals surface area (Å²) in [5, 5.41) is 14.8. The SMILES string of the molecule is CCOCCn1c(CN2CCN(Cc3ccc(OC)cc3OC)CC2)nc2cccnc21.CCOCCn1c(CN2CCN(Cc3ccc(OC)cc3OC)CC2)nc2cccnc21.O=C(O)C(=O)O. The molecule has 378 valence electrons. The van der Waals surface area contributed by atoms with E-state index in [1.165, 1.54) is 11.1 Å². The van der Waals surface area contributed by atoms with E-state index in [1.54, 1.807) is 28.4 Å². The number of fused-ring (bicyclic) bond motifs is 2. The van der Waals surface area contributed by atoms with E-state index in [0.29, 0.717) is 13.2 Å². The Morgan fingerprint density at radius 3 is 1.23 bits per heavy atom. The van der Waals surface area contributed by atoms with Crippen LogP contribution in [0.1, 0.15) is 36.6 Å². The number of ether oxygens (including phenoxy) is 6. The van der Waals surface area contributed by atoms with Crippen LogP contribution >= 0.6 is 0 Å². The highest BCUT2D eigenvalue weighted by atomic mass is 16.5. The molecule has 2 aliphatic rings. The van der Waals surface area contributed by atoms with Crippen LogP contribution in [0.25, 0.3) is 22.3 Å². The van der Waals surface area contributed by atoms with Crippen molar-refractivity contribution < 1.29 is 48.2 Å². The van der Waals surface area contributed by atoms with Gasteiger partial charge in [0.15, 0.2) is 11.3 Å². The highest BCUT2D eigenvalue weighted by molar-refractivity contribution is 6.27. The summed E-state index contributed by atoms with van der Waals surface area (Å²) in [5.74, 6) is 1.86. The number of nitrogens with zero attached hydrogens (tertiary/aromatic N) is 10. The maximum Gasteiger partial charge on any atom is 0.414 e. The topological polar surface area (TPSA) is 204 Å². The van der Waals surface area contributed by atoms with Gasteiger partial charge in [-0.25, -0.2) is 29.5 Å². The number of rotatable bonds is 20. The second kappa shape index (κ2) is 27.1. The second-order valence-electron chi connectivity index (χ2n) is 16.5. The van der Waals surface area contributed by atoms with Crippen molar-refractivity contribution in [2.24, 2.45) is 0 Å². The first-order valence-electron chi connectivity index (χ1n) is 23.6. The number of hydrogen-bond acceptors (Lipinski definition) is 16. The second-order valence-corrected chi connectivity index (χ2v) is 16.5. The highest BCUT2D eigenvalue weighted by Crippen LogP contribution is 2.28. The van der Waals surface area contributed by atoms with Gasteiger partial charge in [-0.15, -0.1) is 0 Å². The van der Waals surface area contributed by atoms with Crippen LogP contribution in [0.2, 0.25) is 0 Å². The summed E-state index contributed by atoms with van der Waals surface area (Å²) in [5.41, 5.74) is 6.14. The van der Waals surface area contributed by atoms with E-state index in [9.17, 15) is 0 Å². The van der Waals surface area contributed by atoms with E-state index in [0.717, 1.165) is 162 Å². The number of methoxy groups -OCH3 is 4. The van der Waals surface area contributed by atoms with Crippen LogP contribution in [-0.4, -0.2) is 178 Å². The summed E-state index contributed by atoms with van der Waals surface area (Å²) in [6.45, 7) is 19.8. The van der Waals surface area contributed by atoms with Crippen LogP contribution in [0, 0.1) is 0 Å². The third-order valence-corrected chi connectivity index (χ3v) is 12.1. The number of benzene rings is 2. The molecule has 8 rings (SSSR count). The third kappa shape index (κ3) is 14.8. The van der Waals surface area contributed by atoms with Gasteiger partial charge in [-0.1, -0.05) is 12.1 Å². The average Bonchev–Trinajstić information content (AvgIpc) is 3.92. The number of pyridine rings is 2. The number of piperazine rings is 2. The average molecular weight is 969 g/mol. The molecule has 0 atom stereocenters. The van der Waals surface area contributed by atoms with Gasteiger partial charge in [-0.05, 0) is 50.2 Å². The molecule has 6 heterocycles. The molecular weight excluding hydrogens is 901 g/mol. The molecule has 0 amide bonds. The minimum absolute atomic E-state index is 0.670. The quantitative estimate of drug-likeness (QED) is 0.0782. The van der Waals surface area contributed by atoms with Crippen LogP contribution in [0.4, 0.5) is 0 Å². The molecule has 2 N–H and O–H groups in total. The monoisotopic (exact) mass is 969 g/mol. The Balaban J connectivity index is 0.000000206. The van der Waals surface area contributed by atoms with Gasteiger partial charge in [-0.3, -0.25) is 19.6 Å². The Morgan fingerprint density at radius 1 is 0.529 bits per heavy atom. The zero-order chi connectivity index (χ0) is 49.8. The van der Waals surface area contributed by atoms with Crippen molar-refractivity contribution in [2.45, 2.75) is 53.1 Å². The zero-order valence-corrected chi connectivity index (χ0v) is 41.3. The minimum Gasteiger partial charge on any atom is -0.497 e. The Bertz CT molecular complexity index is 2400. The Labute approximate surface area is 409 Å². The fraction of sp³-hybridized carbons (Fsp3) is 0.480. The fourth-order valence-electron chi connectivity index (χ4n) is 8.38. The lowest BCUT2D eigenvalue weighted by Crippen LogP contribution is -2.45. The third-order valence-electron chi connectivity index (χ3n) is 12.1. The lowest BCUT2D eigenvalue weighted by atomic mass is 10.1. The van der Waals surface area contributed by atoms with Crippen LogP contribution < -0.4 is 18.9 Å². The van der Waals surface area contributed by atoms with Crippen LogP contribution in [0.3, 0.4) is 0 Å². The minimum atomic E-state index is -1.82. The molecule has 0 unspecified atom stereocenters. The summed E-state index contributed by atoms with van der Waals surface area (Å²) in [6, 6.07) is 20.0. The van der Waals surface area contributed by atoms with Crippen molar-refractivity contribution >= 4 is 34.3 Å². The lowest BCUT2D eigenvalue weighted by Gasteiger charge is -2.34. The smallest absolute Gasteiger partial charge is 0.414 e. The lowest BCUT2D eigenvalue weighted by molar-refractivity contribution is -0.159. The van der Waals surface area contributed by atoms with Crippen molar-refractivity contribution in [3.8, 4) is 23.0 Å². The summed E-state index contributed by atoms with van der Waals surface area (Å²) in [4.78, 5) is 47.0. The molecule has 4 aromatic heterocycles. The number of carbonyl (C=O) groups is 2. The van der Waals surface area contributed by atoms with Gasteiger partial charge in [0.25, 0.3) is 0 Å². The molecule has 0 radical (unpaired) electrons. The Kier molecular flexibility index (Phi) is 20.5. The number of carboxylic acid groups (broad SMARTS) is 2. The molecule has 20 nitrogen and oxygen atoms in total. The Morgan fingerprint density at radius 2 is 0.900 bits per heavy atom. The molecule has 0 spiro atoms. The number of hydrogen-bond donors (Lipinski definition) is 2. The molecule has 0 bridgehead atoms. The van der Waals surface area contributed by atoms with Crippen molar-refractivity contribution in [2.75, 3.05) is 107 Å². The van der Waals surface area contributed by atoms with Crippen molar-refractivity contribution in [1.82, 2.24) is 48.7 Å². The van der Waals surface area contributed by atoms with E-state index >= 15 is 0 Å². The molecule has 20 heteroatoms. The van der Waals surface area contributed by atoms with E-state index in [1.807, 2.05) is 74.8 Å². The van der Waals surface area contributed by atoms with Gasteiger partial charge in [0, 0.05) is 127 Å². The largest absolute Gasteiger partial charge is 0.497 e. The number of aromatic nitrogens is 6. The Hall–Kier alpha value is -6.42. The van der Waals surface area contributed by atoms with E-state index in [-0.39, 0.29) is 0 Å². The molecule has 70 heavy (non-hydrogen) atoms. The fourth-order valence-corrected chi connectivity index (χ4v) is 8.38. The van der Waals surface area contributed by atoms with Gasteiger partial charge >= 0.3 is 11.9 Å². The van der Waals surface area contributed by atoms with E-state index in [2.05, 4.69) is 50.8 Å². The van der Waals surface area contributed by atoms with Gasteiger partial charge in [0.05, 0.1) is 54.7 Å². The number of carboxylic acids is 2. The van der Waals surface area contributed by atoms with Crippen LogP contribution in [0.5, 0.6) is 23.0 Å². The maximum atomic E-state index is 9.10.